The maximum atomic E-state index is 6.92. The zero-order chi connectivity index (χ0) is 45.6. The molecule has 69 heavy (non-hydrogen) atoms. The van der Waals surface area contributed by atoms with E-state index in [2.05, 4.69) is 182 Å². The molecule has 2 aromatic heterocycles. The average Bonchev–Trinajstić information content (AvgIpc) is 4.15. The van der Waals surface area contributed by atoms with Gasteiger partial charge in [-0.1, -0.05) is 182 Å². The van der Waals surface area contributed by atoms with Crippen LogP contribution in [0.1, 0.15) is 38.9 Å². The Morgan fingerprint density at radius 3 is 1.83 bits per heavy atom. The van der Waals surface area contributed by atoms with Crippen molar-refractivity contribution >= 4 is 65.1 Å². The summed E-state index contributed by atoms with van der Waals surface area (Å²) in [6.07, 6.45) is 0. The second-order valence-electron chi connectivity index (χ2n) is 18.1. The summed E-state index contributed by atoms with van der Waals surface area (Å²) < 4.78 is 8.86. The highest BCUT2D eigenvalue weighted by Crippen LogP contribution is 2.63. The van der Waals surface area contributed by atoms with E-state index in [9.17, 15) is 0 Å². The Hall–Kier alpha value is -8.64. The van der Waals surface area contributed by atoms with Gasteiger partial charge < -0.3 is 10.2 Å². The van der Waals surface area contributed by atoms with Crippen molar-refractivity contribution in [2.75, 3.05) is 0 Å². The zero-order valence-corrected chi connectivity index (χ0v) is 38.2. The first-order chi connectivity index (χ1) is 34.1. The number of hydrogen-bond donors (Lipinski definition) is 1. The summed E-state index contributed by atoms with van der Waals surface area (Å²) in [6, 6.07) is 80.6. The molecule has 4 nitrogen and oxygen atoms in total. The van der Waals surface area contributed by atoms with Crippen molar-refractivity contribution in [3.63, 3.8) is 0 Å². The van der Waals surface area contributed by atoms with E-state index in [1.54, 1.807) is 11.3 Å². The van der Waals surface area contributed by atoms with Crippen molar-refractivity contribution in [3.05, 3.63) is 263 Å². The van der Waals surface area contributed by atoms with Gasteiger partial charge in [-0.25, -0.2) is 4.99 Å². The number of aliphatic imine (C=N–C) groups is 2. The van der Waals surface area contributed by atoms with Crippen LogP contribution in [0.4, 0.5) is 0 Å². The van der Waals surface area contributed by atoms with Crippen molar-refractivity contribution < 1.29 is 4.42 Å². The van der Waals surface area contributed by atoms with Gasteiger partial charge in [0.1, 0.15) is 17.0 Å². The lowest BCUT2D eigenvalue weighted by Gasteiger charge is -2.30. The van der Waals surface area contributed by atoms with Crippen molar-refractivity contribution in [1.82, 2.24) is 0 Å². The number of hydrogen-bond acceptors (Lipinski definition) is 3. The Balaban J connectivity index is 0.834. The van der Waals surface area contributed by atoms with E-state index < -0.39 is 0 Å². The molecule has 0 bridgehead atoms. The molecule has 2 aliphatic carbocycles. The Morgan fingerprint density at radius 1 is 0.464 bits per heavy atom. The highest BCUT2D eigenvalue weighted by Gasteiger charge is 2.51. The monoisotopic (exact) mass is 899 g/mol. The summed E-state index contributed by atoms with van der Waals surface area (Å²) in [5.41, 5.74) is 26.3. The first kappa shape index (κ1) is 39.5. The normalized spacial score (nSPS) is 13.6. The molecule has 0 saturated heterocycles. The Labute approximate surface area is 403 Å². The number of thiophene rings is 1. The van der Waals surface area contributed by atoms with Crippen LogP contribution in [-0.4, -0.2) is 11.7 Å². The van der Waals surface area contributed by atoms with E-state index in [0.717, 1.165) is 54.5 Å². The smallest absolute Gasteiger partial charge is 0.157 e. The Bertz CT molecular complexity index is 4090. The largest absolute Gasteiger partial charge is 0.456 e. The molecule has 0 aliphatic heterocycles. The van der Waals surface area contributed by atoms with Crippen LogP contribution in [0.3, 0.4) is 0 Å². The van der Waals surface area contributed by atoms with Crippen LogP contribution in [0.5, 0.6) is 0 Å². The molecule has 2 N–H and O–H groups in total. The maximum Gasteiger partial charge on any atom is 0.157 e. The van der Waals surface area contributed by atoms with Gasteiger partial charge >= 0.3 is 0 Å². The standard InChI is InChI=1S/C64H41N3OS/c65-62(50-25-14-24-49-48-23-7-11-30-59(48)69-61(49)50)67-63(39-15-2-1-3-16-39)66-38-44-19-13-29-58-60(44)52-37-43(32-34-57(52)68-58)41-18-12-17-40(35-41)42-31-33-56-51(36-42)47-22-6-10-28-55(47)64(56)53-26-8-4-20-45(53)46-21-5-9-27-54(46)64/h1-37H,38H2,(H2,65,66,67). The molecular formula is C64H41N3OS. The molecule has 324 valence electrons. The van der Waals surface area contributed by atoms with E-state index in [0.29, 0.717) is 18.2 Å². The van der Waals surface area contributed by atoms with Gasteiger partial charge in [-0.05, 0) is 115 Å². The van der Waals surface area contributed by atoms with Gasteiger partial charge in [-0.15, -0.1) is 11.3 Å². The highest BCUT2D eigenvalue weighted by molar-refractivity contribution is 7.26. The number of rotatable bonds is 6. The van der Waals surface area contributed by atoms with E-state index in [1.807, 2.05) is 42.5 Å². The predicted molar refractivity (Wildman–Crippen MR) is 288 cm³/mol. The van der Waals surface area contributed by atoms with Crippen molar-refractivity contribution in [3.8, 4) is 44.5 Å². The van der Waals surface area contributed by atoms with Crippen LogP contribution >= 0.6 is 11.3 Å². The van der Waals surface area contributed by atoms with Gasteiger partial charge in [-0.3, -0.25) is 4.99 Å². The van der Waals surface area contributed by atoms with Crippen LogP contribution in [-0.2, 0) is 12.0 Å². The third-order valence-electron chi connectivity index (χ3n) is 14.4. The summed E-state index contributed by atoms with van der Waals surface area (Å²) in [6.45, 7) is 0.389. The van der Waals surface area contributed by atoms with E-state index in [1.165, 1.54) is 71.1 Å². The van der Waals surface area contributed by atoms with E-state index in [-0.39, 0.29) is 5.41 Å². The fraction of sp³-hybridized carbons (Fsp3) is 0.0312. The third-order valence-corrected chi connectivity index (χ3v) is 15.7. The molecule has 5 heteroatoms. The van der Waals surface area contributed by atoms with Gasteiger partial charge in [0, 0.05) is 42.1 Å². The van der Waals surface area contributed by atoms with Crippen molar-refractivity contribution in [1.29, 1.82) is 0 Å². The molecule has 0 unspecified atom stereocenters. The fourth-order valence-corrected chi connectivity index (χ4v) is 12.7. The van der Waals surface area contributed by atoms with E-state index >= 15 is 0 Å². The number of furan rings is 1. The molecular weight excluding hydrogens is 859 g/mol. The Morgan fingerprint density at radius 2 is 1.06 bits per heavy atom. The highest BCUT2D eigenvalue weighted by atomic mass is 32.1. The topological polar surface area (TPSA) is 63.9 Å². The molecule has 0 fully saturated rings. The lowest BCUT2D eigenvalue weighted by Crippen LogP contribution is -2.25. The molecule has 2 aliphatic rings. The van der Waals surface area contributed by atoms with Crippen LogP contribution in [0.25, 0.3) is 86.6 Å². The lowest BCUT2D eigenvalue weighted by atomic mass is 9.70. The van der Waals surface area contributed by atoms with Crippen LogP contribution in [0.2, 0.25) is 0 Å². The minimum Gasteiger partial charge on any atom is -0.456 e. The second kappa shape index (κ2) is 15.5. The summed E-state index contributed by atoms with van der Waals surface area (Å²) in [5, 5.41) is 4.51. The summed E-state index contributed by atoms with van der Waals surface area (Å²) in [7, 11) is 0. The first-order valence-corrected chi connectivity index (χ1v) is 24.3. The number of nitrogens with two attached hydrogens (primary N) is 1. The van der Waals surface area contributed by atoms with Gasteiger partial charge in [0.05, 0.1) is 12.0 Å². The number of amidine groups is 2. The van der Waals surface area contributed by atoms with Gasteiger partial charge in [0.15, 0.2) is 5.84 Å². The number of nitrogens with zero attached hydrogens (tertiary/aromatic N) is 2. The molecule has 10 aromatic carbocycles. The molecule has 0 amide bonds. The molecule has 0 radical (unpaired) electrons. The maximum absolute atomic E-state index is 6.92. The zero-order valence-electron chi connectivity index (χ0n) is 37.4. The molecule has 1 spiro atoms. The summed E-state index contributed by atoms with van der Waals surface area (Å²) in [4.78, 5) is 10.3. The quantitative estimate of drug-likeness (QED) is 0.133. The molecule has 0 saturated carbocycles. The molecule has 14 rings (SSSR count). The summed E-state index contributed by atoms with van der Waals surface area (Å²) in [5.74, 6) is 1.02. The minimum atomic E-state index is -0.356. The molecule has 12 aromatic rings. The number of benzene rings is 10. The van der Waals surface area contributed by atoms with Gasteiger partial charge in [0.2, 0.25) is 0 Å². The van der Waals surface area contributed by atoms with Gasteiger partial charge in [-0.2, -0.15) is 0 Å². The lowest BCUT2D eigenvalue weighted by molar-refractivity contribution is 0.668. The SMILES string of the molecule is N/C(=N\C(=N/Cc1cccc2oc3ccc(-c4cccc(-c5ccc6c(c5)-c5ccccc5C65c6ccccc6-c6ccccc65)c4)cc3c12)c1ccccc1)c1cccc2c1sc1ccccc12. The van der Waals surface area contributed by atoms with E-state index in [4.69, 9.17) is 20.1 Å². The first-order valence-electron chi connectivity index (χ1n) is 23.5. The van der Waals surface area contributed by atoms with Crippen LogP contribution in [0, 0.1) is 0 Å². The molecule has 2 heterocycles. The van der Waals surface area contributed by atoms with Crippen LogP contribution < -0.4 is 5.73 Å². The van der Waals surface area contributed by atoms with Crippen molar-refractivity contribution in [2.45, 2.75) is 12.0 Å². The third kappa shape index (κ3) is 6.00. The number of fused-ring (bicyclic) bond motifs is 16. The average molecular weight is 900 g/mol. The van der Waals surface area contributed by atoms with Crippen molar-refractivity contribution in [2.24, 2.45) is 15.7 Å². The van der Waals surface area contributed by atoms with Gasteiger partial charge in [0.25, 0.3) is 0 Å². The second-order valence-corrected chi connectivity index (χ2v) is 19.2. The molecule has 0 atom stereocenters. The summed E-state index contributed by atoms with van der Waals surface area (Å²) >= 11 is 1.74. The fourth-order valence-electron chi connectivity index (χ4n) is 11.4. The Kier molecular flexibility index (Phi) is 8.85. The predicted octanol–water partition coefficient (Wildman–Crippen LogP) is 16.0. The van der Waals surface area contributed by atoms with Crippen LogP contribution in [0.15, 0.2) is 239 Å². The minimum absolute atomic E-state index is 0.356.